The van der Waals surface area contributed by atoms with Gasteiger partial charge in [-0.3, -0.25) is 15.0 Å². The molecule has 0 aliphatic rings. The molecule has 2 rings (SSSR count). The van der Waals surface area contributed by atoms with Gasteiger partial charge in [0.1, 0.15) is 5.75 Å². The van der Waals surface area contributed by atoms with Crippen LogP contribution in [0.3, 0.4) is 0 Å². The summed E-state index contributed by atoms with van der Waals surface area (Å²) in [7, 11) is -4.14. The highest BCUT2D eigenvalue weighted by Gasteiger charge is 2.19. The zero-order chi connectivity index (χ0) is 17.7. The molecule has 3 N–H and O–H groups in total. The Kier molecular flexibility index (Phi) is 5.17. The van der Waals surface area contributed by atoms with Gasteiger partial charge >= 0.3 is 10.3 Å². The number of carbonyl (C=O) groups excluding carboxylic acids is 2. The average Bonchev–Trinajstić information content (AvgIpc) is 2.52. The molecular formula is C15H15N3O5S. The summed E-state index contributed by atoms with van der Waals surface area (Å²) >= 11 is 0. The third-order valence-corrected chi connectivity index (χ3v) is 3.23. The van der Waals surface area contributed by atoms with E-state index in [1.54, 1.807) is 30.3 Å². The van der Waals surface area contributed by atoms with E-state index in [9.17, 15) is 18.0 Å². The summed E-state index contributed by atoms with van der Waals surface area (Å²) in [5.74, 6) is -0.945. The van der Waals surface area contributed by atoms with Crippen molar-refractivity contribution >= 4 is 27.8 Å². The number of para-hydroxylation sites is 1. The third-order valence-electron chi connectivity index (χ3n) is 2.80. The van der Waals surface area contributed by atoms with Gasteiger partial charge in [-0.2, -0.15) is 13.6 Å². The van der Waals surface area contributed by atoms with Crippen molar-refractivity contribution in [3.63, 3.8) is 0 Å². The van der Waals surface area contributed by atoms with E-state index in [0.29, 0.717) is 5.69 Å². The molecule has 2 amide bonds. The minimum Gasteiger partial charge on any atom is -0.371 e. The van der Waals surface area contributed by atoms with Crippen molar-refractivity contribution in [2.24, 2.45) is 5.14 Å². The Hall–Kier alpha value is -2.91. The molecule has 0 unspecified atom stereocenters. The monoisotopic (exact) mass is 349 g/mol. The number of hydrazine groups is 1. The number of amides is 2. The van der Waals surface area contributed by atoms with Gasteiger partial charge in [0, 0.05) is 12.5 Å². The molecule has 0 heterocycles. The molecule has 0 aliphatic heterocycles. The van der Waals surface area contributed by atoms with Gasteiger partial charge < -0.3 is 4.18 Å². The molecule has 0 bridgehead atoms. The lowest BCUT2D eigenvalue weighted by molar-refractivity contribution is -0.119. The third kappa shape index (κ3) is 4.80. The minimum absolute atomic E-state index is 0.0279. The summed E-state index contributed by atoms with van der Waals surface area (Å²) in [5, 5.41) is 5.87. The molecule has 0 fully saturated rings. The van der Waals surface area contributed by atoms with Crippen LogP contribution < -0.4 is 19.8 Å². The molecule has 0 radical (unpaired) electrons. The number of rotatable bonds is 4. The summed E-state index contributed by atoms with van der Waals surface area (Å²) < 4.78 is 26.2. The molecule has 0 aromatic heterocycles. The van der Waals surface area contributed by atoms with Gasteiger partial charge in [-0.1, -0.05) is 18.2 Å². The van der Waals surface area contributed by atoms with Crippen molar-refractivity contribution in [3.05, 3.63) is 60.2 Å². The molecule has 2 aromatic carbocycles. The van der Waals surface area contributed by atoms with Gasteiger partial charge in [-0.25, -0.2) is 5.01 Å². The van der Waals surface area contributed by atoms with E-state index in [-0.39, 0.29) is 11.3 Å². The quantitative estimate of drug-likeness (QED) is 0.797. The number of anilines is 1. The van der Waals surface area contributed by atoms with Crippen molar-refractivity contribution in [1.29, 1.82) is 0 Å². The fourth-order valence-corrected chi connectivity index (χ4v) is 2.26. The first-order valence-corrected chi connectivity index (χ1v) is 8.22. The number of benzene rings is 2. The first kappa shape index (κ1) is 17.4. The number of carbonyl (C=O) groups is 2. The van der Waals surface area contributed by atoms with Crippen LogP contribution in [0.15, 0.2) is 54.6 Å². The van der Waals surface area contributed by atoms with Crippen LogP contribution >= 0.6 is 0 Å². The number of hydrogen-bond donors (Lipinski definition) is 2. The summed E-state index contributed by atoms with van der Waals surface area (Å²) in [6, 6.07) is 13.8. The second-order valence-corrected chi connectivity index (χ2v) is 5.90. The van der Waals surface area contributed by atoms with E-state index >= 15 is 0 Å². The number of hydrogen-bond acceptors (Lipinski definition) is 5. The van der Waals surface area contributed by atoms with Crippen LogP contribution in [0.25, 0.3) is 0 Å². The minimum atomic E-state index is -4.14. The average molecular weight is 349 g/mol. The molecule has 0 aliphatic carbocycles. The smallest absolute Gasteiger partial charge is 0.371 e. The lowest BCUT2D eigenvalue weighted by Crippen LogP contribution is -2.45. The van der Waals surface area contributed by atoms with E-state index in [1.807, 2.05) is 0 Å². The summed E-state index contributed by atoms with van der Waals surface area (Å²) in [6.07, 6.45) is 0. The van der Waals surface area contributed by atoms with Crippen LogP contribution in [-0.2, 0) is 15.1 Å². The van der Waals surface area contributed by atoms with Crippen LogP contribution in [0.5, 0.6) is 5.75 Å². The Labute approximate surface area is 139 Å². The van der Waals surface area contributed by atoms with E-state index in [4.69, 9.17) is 5.14 Å². The van der Waals surface area contributed by atoms with Gasteiger partial charge in [-0.15, -0.1) is 0 Å². The fraction of sp³-hybridized carbons (Fsp3) is 0.0667. The van der Waals surface area contributed by atoms with Crippen LogP contribution in [-0.4, -0.2) is 20.2 Å². The maximum atomic E-state index is 12.6. The molecule has 9 heteroatoms. The first-order valence-electron chi connectivity index (χ1n) is 6.75. The Morgan fingerprint density at radius 1 is 1.04 bits per heavy atom. The highest BCUT2D eigenvalue weighted by molar-refractivity contribution is 7.84. The number of nitrogens with two attached hydrogens (primary N) is 1. The molecule has 0 atom stereocenters. The Morgan fingerprint density at radius 3 is 2.12 bits per heavy atom. The van der Waals surface area contributed by atoms with Crippen molar-refractivity contribution < 1.29 is 22.2 Å². The lowest BCUT2D eigenvalue weighted by atomic mass is 10.2. The molecule has 126 valence electrons. The molecule has 8 nitrogen and oxygen atoms in total. The predicted octanol–water partition coefficient (Wildman–Crippen LogP) is 0.967. The fourth-order valence-electron chi connectivity index (χ4n) is 1.88. The van der Waals surface area contributed by atoms with Crippen molar-refractivity contribution in [2.75, 3.05) is 5.01 Å². The second-order valence-electron chi connectivity index (χ2n) is 4.74. The summed E-state index contributed by atoms with van der Waals surface area (Å²) in [5.41, 5.74) is 3.14. The zero-order valence-corrected chi connectivity index (χ0v) is 13.5. The topological polar surface area (TPSA) is 119 Å². The van der Waals surface area contributed by atoms with Crippen LogP contribution in [0.2, 0.25) is 0 Å². The normalized spacial score (nSPS) is 10.8. The van der Waals surface area contributed by atoms with Crippen LogP contribution in [0.4, 0.5) is 5.69 Å². The van der Waals surface area contributed by atoms with Gasteiger partial charge in [0.05, 0.1) is 5.69 Å². The van der Waals surface area contributed by atoms with Gasteiger partial charge in [0.2, 0.25) is 5.91 Å². The SMILES string of the molecule is CC(=O)NN(C(=O)c1ccc(OS(N)(=O)=O)cc1)c1ccccc1. The molecule has 0 saturated carbocycles. The second kappa shape index (κ2) is 7.11. The van der Waals surface area contributed by atoms with Gasteiger partial charge in [0.25, 0.3) is 5.91 Å². The standard InChI is InChI=1S/C15H15N3O5S/c1-11(19)17-18(13-5-3-2-4-6-13)15(20)12-7-9-14(10-8-12)23-24(16,21)22/h2-10H,1H3,(H,17,19)(H2,16,21,22). The van der Waals surface area contributed by atoms with E-state index in [2.05, 4.69) is 9.61 Å². The van der Waals surface area contributed by atoms with Crippen LogP contribution in [0.1, 0.15) is 17.3 Å². The largest absolute Gasteiger partial charge is 0.380 e. The molecule has 2 aromatic rings. The molecule has 24 heavy (non-hydrogen) atoms. The van der Waals surface area contributed by atoms with Crippen molar-refractivity contribution in [3.8, 4) is 5.75 Å². The van der Waals surface area contributed by atoms with Crippen LogP contribution in [0, 0.1) is 0 Å². The van der Waals surface area contributed by atoms with E-state index in [0.717, 1.165) is 5.01 Å². The number of nitrogens with one attached hydrogen (secondary N) is 1. The van der Waals surface area contributed by atoms with E-state index < -0.39 is 22.1 Å². The molecule has 0 saturated heterocycles. The molecule has 0 spiro atoms. The zero-order valence-electron chi connectivity index (χ0n) is 12.7. The Morgan fingerprint density at radius 2 is 1.62 bits per heavy atom. The van der Waals surface area contributed by atoms with Crippen molar-refractivity contribution in [1.82, 2.24) is 5.43 Å². The summed E-state index contributed by atoms with van der Waals surface area (Å²) in [4.78, 5) is 24.0. The maximum absolute atomic E-state index is 12.6. The lowest BCUT2D eigenvalue weighted by Gasteiger charge is -2.22. The van der Waals surface area contributed by atoms with Gasteiger partial charge in [-0.05, 0) is 36.4 Å². The first-order chi connectivity index (χ1) is 11.3. The molecular weight excluding hydrogens is 334 g/mol. The predicted molar refractivity (Wildman–Crippen MR) is 87.2 cm³/mol. The van der Waals surface area contributed by atoms with Gasteiger partial charge in [0.15, 0.2) is 0 Å². The van der Waals surface area contributed by atoms with Crippen molar-refractivity contribution in [2.45, 2.75) is 6.92 Å². The highest BCUT2D eigenvalue weighted by atomic mass is 32.2. The summed E-state index contributed by atoms with van der Waals surface area (Å²) in [6.45, 7) is 1.28. The number of nitrogens with zero attached hydrogens (tertiary/aromatic N) is 1. The Bertz CT molecular complexity index is 835. The Balaban J connectivity index is 2.28. The maximum Gasteiger partial charge on any atom is 0.380 e. The highest BCUT2D eigenvalue weighted by Crippen LogP contribution is 2.18. The van der Waals surface area contributed by atoms with E-state index in [1.165, 1.54) is 31.2 Å².